The van der Waals surface area contributed by atoms with Crippen LogP contribution >= 0.6 is 34.8 Å². The second-order valence-corrected chi connectivity index (χ2v) is 11.9. The molecule has 0 aliphatic rings. The number of benzene rings is 3. The van der Waals surface area contributed by atoms with Crippen LogP contribution in [0, 0.1) is 0 Å². The van der Waals surface area contributed by atoms with E-state index in [9.17, 15) is 18.0 Å². The van der Waals surface area contributed by atoms with Crippen molar-refractivity contribution >= 4 is 62.3 Å². The molecule has 0 aromatic heterocycles. The average Bonchev–Trinajstić information content (AvgIpc) is 2.92. The Morgan fingerprint density at radius 1 is 0.872 bits per heavy atom. The monoisotopic (exact) mass is 609 g/mol. The minimum atomic E-state index is -4.21. The summed E-state index contributed by atoms with van der Waals surface area (Å²) in [7, 11) is -4.21. The van der Waals surface area contributed by atoms with Crippen molar-refractivity contribution in [2.75, 3.05) is 17.4 Å². The molecule has 1 atom stereocenters. The van der Waals surface area contributed by atoms with Gasteiger partial charge in [0.05, 0.1) is 15.6 Å². The van der Waals surface area contributed by atoms with Crippen molar-refractivity contribution in [1.29, 1.82) is 0 Å². The lowest BCUT2D eigenvalue weighted by Crippen LogP contribution is -2.51. The van der Waals surface area contributed by atoms with Crippen LogP contribution in [0.25, 0.3) is 0 Å². The molecule has 11 heteroatoms. The van der Waals surface area contributed by atoms with Crippen LogP contribution in [-0.4, -0.2) is 44.3 Å². The second-order valence-electron chi connectivity index (χ2n) is 8.82. The number of nitrogens with zero attached hydrogens (tertiary/aromatic N) is 2. The molecule has 0 heterocycles. The summed E-state index contributed by atoms with van der Waals surface area (Å²) in [6, 6.07) is 18.1. The molecule has 3 rings (SSSR count). The zero-order valence-electron chi connectivity index (χ0n) is 21.6. The van der Waals surface area contributed by atoms with E-state index in [-0.39, 0.29) is 28.1 Å². The molecule has 2 amide bonds. The van der Waals surface area contributed by atoms with E-state index < -0.39 is 28.5 Å². The highest BCUT2D eigenvalue weighted by Gasteiger charge is 2.33. The number of hydrogen-bond donors (Lipinski definition) is 1. The molecule has 0 saturated heterocycles. The van der Waals surface area contributed by atoms with Crippen LogP contribution in [0.1, 0.15) is 32.3 Å². The Kier molecular flexibility index (Phi) is 11.1. The molecular weight excluding hydrogens is 581 g/mol. The highest BCUT2D eigenvalue weighted by Crippen LogP contribution is 2.31. The fourth-order valence-corrected chi connectivity index (χ4v) is 6.12. The summed E-state index contributed by atoms with van der Waals surface area (Å²) in [6.07, 6.45) is 1.66. The molecule has 0 spiro atoms. The van der Waals surface area contributed by atoms with E-state index in [1.165, 1.54) is 23.1 Å². The van der Waals surface area contributed by atoms with Crippen molar-refractivity contribution in [2.24, 2.45) is 0 Å². The van der Waals surface area contributed by atoms with Crippen molar-refractivity contribution in [3.05, 3.63) is 93.4 Å². The maximum atomic E-state index is 13.9. The van der Waals surface area contributed by atoms with Crippen LogP contribution in [0.3, 0.4) is 0 Å². The number of para-hydroxylation sites is 1. The second kappa shape index (κ2) is 14.0. The standard InChI is InChI=1S/C28H30Cl3N3O4S/c1-3-4-17-32-28(36)20(2)33(18-22-23(29)14-10-15-24(22)30)27(35)19-34(26-16-9-8-13-25(26)31)39(37,38)21-11-6-5-7-12-21/h5-16,20H,3-4,17-19H2,1-2H3,(H,32,36)/t20-/m1/s1. The average molecular weight is 611 g/mol. The summed E-state index contributed by atoms with van der Waals surface area (Å²) < 4.78 is 28.5. The lowest BCUT2D eigenvalue weighted by atomic mass is 10.1. The third kappa shape index (κ3) is 7.66. The number of carbonyl (C=O) groups is 2. The molecule has 0 aliphatic carbocycles. The zero-order chi connectivity index (χ0) is 28.6. The topological polar surface area (TPSA) is 86.8 Å². The van der Waals surface area contributed by atoms with Gasteiger partial charge in [0.2, 0.25) is 11.8 Å². The number of nitrogens with one attached hydrogen (secondary N) is 1. The number of sulfonamides is 1. The number of anilines is 1. The van der Waals surface area contributed by atoms with E-state index in [0.29, 0.717) is 22.2 Å². The van der Waals surface area contributed by atoms with Crippen molar-refractivity contribution in [2.45, 2.75) is 44.2 Å². The predicted molar refractivity (Wildman–Crippen MR) is 157 cm³/mol. The summed E-state index contributed by atoms with van der Waals surface area (Å²) in [5, 5.41) is 3.62. The minimum absolute atomic E-state index is 0.0104. The summed E-state index contributed by atoms with van der Waals surface area (Å²) in [4.78, 5) is 28.2. The van der Waals surface area contributed by atoms with E-state index in [1.807, 2.05) is 6.92 Å². The molecule has 0 unspecified atom stereocenters. The zero-order valence-corrected chi connectivity index (χ0v) is 24.7. The summed E-state index contributed by atoms with van der Waals surface area (Å²) >= 11 is 19.2. The first-order chi connectivity index (χ1) is 18.6. The molecule has 39 heavy (non-hydrogen) atoms. The number of hydrogen-bond acceptors (Lipinski definition) is 4. The van der Waals surface area contributed by atoms with Gasteiger partial charge in [0, 0.05) is 28.7 Å². The molecule has 0 saturated carbocycles. The first-order valence-electron chi connectivity index (χ1n) is 12.4. The van der Waals surface area contributed by atoms with Crippen LogP contribution in [0.5, 0.6) is 0 Å². The fraction of sp³-hybridized carbons (Fsp3) is 0.286. The number of halogens is 3. The molecule has 208 valence electrons. The van der Waals surface area contributed by atoms with Crippen molar-refractivity contribution in [3.63, 3.8) is 0 Å². The molecule has 0 radical (unpaired) electrons. The van der Waals surface area contributed by atoms with Crippen LogP contribution < -0.4 is 9.62 Å². The predicted octanol–water partition coefficient (Wildman–Crippen LogP) is 6.18. The Labute approximate surface area is 244 Å². The lowest BCUT2D eigenvalue weighted by Gasteiger charge is -2.32. The van der Waals surface area contributed by atoms with Gasteiger partial charge in [0.25, 0.3) is 10.0 Å². The van der Waals surface area contributed by atoms with Gasteiger partial charge >= 0.3 is 0 Å². The van der Waals surface area contributed by atoms with Crippen molar-refractivity contribution in [3.8, 4) is 0 Å². The van der Waals surface area contributed by atoms with Gasteiger partial charge in [0.1, 0.15) is 12.6 Å². The fourth-order valence-electron chi connectivity index (χ4n) is 3.86. The van der Waals surface area contributed by atoms with E-state index in [1.54, 1.807) is 61.5 Å². The Morgan fingerprint density at radius 2 is 1.46 bits per heavy atom. The van der Waals surface area contributed by atoms with Crippen molar-refractivity contribution in [1.82, 2.24) is 10.2 Å². The molecule has 3 aromatic carbocycles. The Bertz CT molecular complexity index is 1380. The van der Waals surface area contributed by atoms with Gasteiger partial charge in [-0.05, 0) is 49.7 Å². The van der Waals surface area contributed by atoms with E-state index >= 15 is 0 Å². The molecule has 1 N–H and O–H groups in total. The minimum Gasteiger partial charge on any atom is -0.354 e. The Hall–Kier alpha value is -2.78. The maximum absolute atomic E-state index is 13.9. The van der Waals surface area contributed by atoms with Crippen LogP contribution in [0.15, 0.2) is 77.7 Å². The smallest absolute Gasteiger partial charge is 0.264 e. The van der Waals surface area contributed by atoms with Gasteiger partial charge in [-0.1, -0.05) is 84.5 Å². The molecule has 0 bridgehead atoms. The highest BCUT2D eigenvalue weighted by atomic mass is 35.5. The number of rotatable bonds is 12. The van der Waals surface area contributed by atoms with E-state index in [0.717, 1.165) is 17.1 Å². The van der Waals surface area contributed by atoms with E-state index in [4.69, 9.17) is 34.8 Å². The quantitative estimate of drug-likeness (QED) is 0.248. The van der Waals surface area contributed by atoms with Gasteiger partial charge in [0.15, 0.2) is 0 Å². The third-order valence-corrected chi connectivity index (χ3v) is 8.92. The number of unbranched alkanes of at least 4 members (excludes halogenated alkanes) is 1. The normalized spacial score (nSPS) is 12.0. The van der Waals surface area contributed by atoms with Crippen LogP contribution in [-0.2, 0) is 26.2 Å². The first-order valence-corrected chi connectivity index (χ1v) is 15.0. The molecule has 0 fully saturated rings. The van der Waals surface area contributed by atoms with Crippen molar-refractivity contribution < 1.29 is 18.0 Å². The first kappa shape index (κ1) is 30.8. The molecule has 3 aromatic rings. The molecule has 0 aliphatic heterocycles. The maximum Gasteiger partial charge on any atom is 0.264 e. The third-order valence-electron chi connectivity index (χ3n) is 6.12. The van der Waals surface area contributed by atoms with Gasteiger partial charge in [-0.25, -0.2) is 8.42 Å². The highest BCUT2D eigenvalue weighted by molar-refractivity contribution is 7.92. The SMILES string of the molecule is CCCCNC(=O)[C@@H](C)N(Cc1c(Cl)cccc1Cl)C(=O)CN(c1ccccc1Cl)S(=O)(=O)c1ccccc1. The summed E-state index contributed by atoms with van der Waals surface area (Å²) in [5.41, 5.74) is 0.574. The Balaban J connectivity index is 2.04. The molecule has 7 nitrogen and oxygen atoms in total. The number of carbonyl (C=O) groups excluding carboxylic acids is 2. The molecular formula is C28H30Cl3N3O4S. The van der Waals surface area contributed by atoms with Gasteiger partial charge in [-0.15, -0.1) is 0 Å². The lowest BCUT2D eigenvalue weighted by molar-refractivity contribution is -0.139. The van der Waals surface area contributed by atoms with Gasteiger partial charge < -0.3 is 10.2 Å². The van der Waals surface area contributed by atoms with Crippen LogP contribution in [0.2, 0.25) is 15.1 Å². The largest absolute Gasteiger partial charge is 0.354 e. The summed E-state index contributed by atoms with van der Waals surface area (Å²) in [5.74, 6) is -1.02. The number of amides is 2. The van der Waals surface area contributed by atoms with Crippen LogP contribution in [0.4, 0.5) is 5.69 Å². The van der Waals surface area contributed by atoms with Gasteiger partial charge in [-0.3, -0.25) is 13.9 Å². The van der Waals surface area contributed by atoms with E-state index in [2.05, 4.69) is 5.32 Å². The summed E-state index contributed by atoms with van der Waals surface area (Å²) in [6.45, 7) is 3.30. The van der Waals surface area contributed by atoms with Gasteiger partial charge in [-0.2, -0.15) is 0 Å². The Morgan fingerprint density at radius 3 is 2.08 bits per heavy atom.